The summed E-state index contributed by atoms with van der Waals surface area (Å²) in [6.07, 6.45) is 0.846. The number of ether oxygens (including phenoxy) is 2. The molecule has 0 saturated carbocycles. The third kappa shape index (κ3) is 5.71. The first-order chi connectivity index (χ1) is 13.9. The fraction of sp³-hybridized carbons (Fsp3) is 0.364. The topological polar surface area (TPSA) is 71.1 Å². The molecule has 0 aromatic heterocycles. The van der Waals surface area contributed by atoms with Gasteiger partial charge in [0.15, 0.2) is 13.2 Å². The lowest BCUT2D eigenvalue weighted by atomic mass is 10.2. The van der Waals surface area contributed by atoms with Gasteiger partial charge >= 0.3 is 0 Å². The Morgan fingerprint density at radius 3 is 2.69 bits per heavy atom. The normalized spacial score (nSPS) is 13.1. The van der Waals surface area contributed by atoms with Crippen LogP contribution >= 0.6 is 0 Å². The van der Waals surface area contributed by atoms with Crippen molar-refractivity contribution in [1.82, 2.24) is 4.90 Å². The van der Waals surface area contributed by atoms with Crippen LogP contribution in [0.3, 0.4) is 0 Å². The van der Waals surface area contributed by atoms with Gasteiger partial charge in [-0.1, -0.05) is 17.7 Å². The van der Waals surface area contributed by atoms with E-state index >= 15 is 0 Å². The molecule has 154 valence electrons. The van der Waals surface area contributed by atoms with Gasteiger partial charge in [-0.2, -0.15) is 0 Å². The summed E-state index contributed by atoms with van der Waals surface area (Å²) in [5.74, 6) is 0.931. The Bertz CT molecular complexity index is 865. The molecule has 1 aliphatic rings. The first kappa shape index (κ1) is 20.7. The number of anilines is 2. The number of carbonyl (C=O) groups excluding carboxylic acids is 2. The van der Waals surface area contributed by atoms with Gasteiger partial charge in [0.1, 0.15) is 11.5 Å². The lowest BCUT2D eigenvalue weighted by Gasteiger charge is -2.30. The van der Waals surface area contributed by atoms with E-state index in [1.807, 2.05) is 45.3 Å². The molecule has 3 rings (SSSR count). The van der Waals surface area contributed by atoms with Crippen LogP contribution in [0.5, 0.6) is 11.5 Å². The van der Waals surface area contributed by atoms with Crippen molar-refractivity contribution in [2.75, 3.05) is 50.6 Å². The van der Waals surface area contributed by atoms with E-state index in [-0.39, 0.29) is 25.0 Å². The third-order valence-electron chi connectivity index (χ3n) is 4.56. The molecule has 0 spiro atoms. The van der Waals surface area contributed by atoms with Crippen LogP contribution in [0.1, 0.15) is 12.0 Å². The van der Waals surface area contributed by atoms with E-state index in [9.17, 15) is 9.59 Å². The number of aryl methyl sites for hydroxylation is 1. The lowest BCUT2D eigenvalue weighted by Crippen LogP contribution is -2.40. The van der Waals surface area contributed by atoms with Crippen LogP contribution < -0.4 is 19.7 Å². The first-order valence-electron chi connectivity index (χ1n) is 9.63. The summed E-state index contributed by atoms with van der Waals surface area (Å²) < 4.78 is 11.0. The summed E-state index contributed by atoms with van der Waals surface area (Å²) >= 11 is 0. The zero-order valence-corrected chi connectivity index (χ0v) is 17.1. The molecule has 0 unspecified atom stereocenters. The van der Waals surface area contributed by atoms with Crippen molar-refractivity contribution in [3.63, 3.8) is 0 Å². The lowest BCUT2D eigenvalue weighted by molar-refractivity contribution is -0.121. The minimum absolute atomic E-state index is 0.0328. The number of rotatable bonds is 8. The van der Waals surface area contributed by atoms with Gasteiger partial charge in [0.25, 0.3) is 11.8 Å². The van der Waals surface area contributed by atoms with Crippen molar-refractivity contribution in [2.24, 2.45) is 0 Å². The maximum Gasteiger partial charge on any atom is 0.265 e. The highest BCUT2D eigenvalue weighted by Gasteiger charge is 2.25. The number of benzene rings is 2. The zero-order chi connectivity index (χ0) is 20.8. The fourth-order valence-corrected chi connectivity index (χ4v) is 3.05. The Morgan fingerprint density at radius 2 is 1.97 bits per heavy atom. The van der Waals surface area contributed by atoms with Crippen molar-refractivity contribution in [3.8, 4) is 11.5 Å². The van der Waals surface area contributed by atoms with Gasteiger partial charge in [-0.25, -0.2) is 0 Å². The molecule has 2 aromatic carbocycles. The van der Waals surface area contributed by atoms with E-state index in [0.717, 1.165) is 18.5 Å². The second-order valence-electron chi connectivity index (χ2n) is 7.32. The molecular weight excluding hydrogens is 370 g/mol. The maximum atomic E-state index is 12.3. The molecule has 0 radical (unpaired) electrons. The van der Waals surface area contributed by atoms with Crippen molar-refractivity contribution in [2.45, 2.75) is 13.3 Å². The number of nitrogens with one attached hydrogen (secondary N) is 1. The van der Waals surface area contributed by atoms with Crippen LogP contribution in [0.4, 0.5) is 11.4 Å². The Morgan fingerprint density at radius 1 is 1.21 bits per heavy atom. The Hall–Kier alpha value is -3.06. The molecule has 2 aromatic rings. The Balaban J connectivity index is 1.63. The predicted octanol–water partition coefficient (Wildman–Crippen LogP) is 2.69. The molecule has 1 heterocycles. The van der Waals surface area contributed by atoms with Crippen molar-refractivity contribution < 1.29 is 19.1 Å². The van der Waals surface area contributed by atoms with Crippen molar-refractivity contribution in [1.29, 1.82) is 0 Å². The number of hydrogen-bond acceptors (Lipinski definition) is 5. The average molecular weight is 397 g/mol. The number of amides is 2. The molecule has 1 aliphatic heterocycles. The molecule has 0 bridgehead atoms. The summed E-state index contributed by atoms with van der Waals surface area (Å²) in [5, 5.41) is 2.82. The van der Waals surface area contributed by atoms with Gasteiger partial charge in [0.2, 0.25) is 0 Å². The molecule has 7 heteroatoms. The molecule has 0 saturated heterocycles. The largest absolute Gasteiger partial charge is 0.484 e. The van der Waals surface area contributed by atoms with Gasteiger partial charge in [-0.15, -0.1) is 0 Å². The van der Waals surface area contributed by atoms with Crippen LogP contribution in [-0.2, 0) is 9.59 Å². The third-order valence-corrected chi connectivity index (χ3v) is 4.56. The molecule has 1 N–H and O–H groups in total. The van der Waals surface area contributed by atoms with Crippen molar-refractivity contribution >= 4 is 23.2 Å². The molecule has 0 aliphatic carbocycles. The minimum Gasteiger partial charge on any atom is -0.484 e. The van der Waals surface area contributed by atoms with E-state index in [4.69, 9.17) is 9.47 Å². The van der Waals surface area contributed by atoms with Gasteiger partial charge in [-0.05, 0) is 64.3 Å². The highest BCUT2D eigenvalue weighted by Crippen LogP contribution is 2.34. The highest BCUT2D eigenvalue weighted by atomic mass is 16.5. The van der Waals surface area contributed by atoms with Gasteiger partial charge in [0.05, 0.1) is 5.69 Å². The molecular formula is C22H27N3O4. The minimum atomic E-state index is -0.271. The Kier molecular flexibility index (Phi) is 6.72. The SMILES string of the molecule is Cc1ccc(OCC(=O)Nc2ccc3c(c2)N(CCCN(C)C)C(=O)CO3)cc1. The number of fused-ring (bicyclic) bond motifs is 1. The fourth-order valence-electron chi connectivity index (χ4n) is 3.05. The summed E-state index contributed by atoms with van der Waals surface area (Å²) in [4.78, 5) is 28.4. The summed E-state index contributed by atoms with van der Waals surface area (Å²) in [6.45, 7) is 3.41. The quantitative estimate of drug-likeness (QED) is 0.742. The van der Waals surface area contributed by atoms with Crippen LogP contribution in [-0.4, -0.2) is 57.1 Å². The second kappa shape index (κ2) is 9.43. The van der Waals surface area contributed by atoms with Gasteiger partial charge in [0, 0.05) is 12.2 Å². The predicted molar refractivity (Wildman–Crippen MR) is 113 cm³/mol. The number of nitrogens with zero attached hydrogens (tertiary/aromatic N) is 2. The monoisotopic (exact) mass is 397 g/mol. The second-order valence-corrected chi connectivity index (χ2v) is 7.32. The van der Waals surface area contributed by atoms with E-state index < -0.39 is 0 Å². The van der Waals surface area contributed by atoms with E-state index in [0.29, 0.717) is 29.4 Å². The summed E-state index contributed by atoms with van der Waals surface area (Å²) in [7, 11) is 4.00. The van der Waals surface area contributed by atoms with Crippen LogP contribution in [0.15, 0.2) is 42.5 Å². The Labute approximate surface area is 171 Å². The molecule has 0 atom stereocenters. The van der Waals surface area contributed by atoms with E-state index in [2.05, 4.69) is 10.2 Å². The first-order valence-corrected chi connectivity index (χ1v) is 9.63. The van der Waals surface area contributed by atoms with Gasteiger partial charge < -0.3 is 24.6 Å². The molecule has 2 amide bonds. The standard InChI is InChI=1S/C22H27N3O4/c1-16-5-8-18(9-6-16)28-14-21(26)23-17-7-10-20-19(13-17)25(22(27)15-29-20)12-4-11-24(2)3/h5-10,13H,4,11-12,14-15H2,1-3H3,(H,23,26). The summed E-state index contributed by atoms with van der Waals surface area (Å²) in [6, 6.07) is 12.8. The average Bonchev–Trinajstić information content (AvgIpc) is 2.69. The van der Waals surface area contributed by atoms with Crippen molar-refractivity contribution in [3.05, 3.63) is 48.0 Å². The van der Waals surface area contributed by atoms with Crippen LogP contribution in [0.25, 0.3) is 0 Å². The smallest absolute Gasteiger partial charge is 0.265 e. The maximum absolute atomic E-state index is 12.3. The molecule has 7 nitrogen and oxygen atoms in total. The number of hydrogen-bond donors (Lipinski definition) is 1. The van der Waals surface area contributed by atoms with Gasteiger partial charge in [-0.3, -0.25) is 9.59 Å². The highest BCUT2D eigenvalue weighted by molar-refractivity contribution is 5.99. The number of carbonyl (C=O) groups is 2. The van der Waals surface area contributed by atoms with Crippen LogP contribution in [0, 0.1) is 6.92 Å². The molecule has 29 heavy (non-hydrogen) atoms. The van der Waals surface area contributed by atoms with Crippen LogP contribution in [0.2, 0.25) is 0 Å². The zero-order valence-electron chi connectivity index (χ0n) is 17.1. The summed E-state index contributed by atoms with van der Waals surface area (Å²) in [5.41, 5.74) is 2.40. The molecule has 0 fully saturated rings. The van der Waals surface area contributed by atoms with E-state index in [1.165, 1.54) is 0 Å². The van der Waals surface area contributed by atoms with E-state index in [1.54, 1.807) is 23.1 Å².